The summed E-state index contributed by atoms with van der Waals surface area (Å²) in [6.45, 7) is 3.76. The third-order valence-corrected chi connectivity index (χ3v) is 0.552. The van der Waals surface area contributed by atoms with E-state index in [1.165, 1.54) is 0 Å². The molecule has 0 spiro atoms. The normalized spacial score (nSPS) is 6.00. The molecule has 2 N–H and O–H groups in total. The van der Waals surface area contributed by atoms with Gasteiger partial charge in [0.2, 0.25) is 0 Å². The monoisotopic (exact) mass is 355 g/mol. The second kappa shape index (κ2) is 16.8. The fourth-order valence-corrected chi connectivity index (χ4v) is 0.304. The van der Waals surface area contributed by atoms with E-state index in [0.29, 0.717) is 6.54 Å². The van der Waals surface area contributed by atoms with Crippen LogP contribution in [0.4, 0.5) is 0 Å². The maximum absolute atomic E-state index is 4.74. The maximum atomic E-state index is 4.74. The zero-order valence-corrected chi connectivity index (χ0v) is 10.5. The van der Waals surface area contributed by atoms with Crippen molar-refractivity contribution >= 4 is 0 Å². The second-order valence-corrected chi connectivity index (χ2v) is 1.29. The maximum Gasteiger partial charge on any atom is 2.00 e. The minimum Gasteiger partial charge on any atom is -0.360 e. The Hall–Kier alpha value is 0.453. The molecular formula is C8H10NVW-. The third kappa shape index (κ3) is 17.9. The molecule has 1 aromatic carbocycles. The molecule has 0 fully saturated rings. The molecule has 0 saturated heterocycles. The van der Waals surface area contributed by atoms with Crippen molar-refractivity contribution in [2.24, 2.45) is 5.73 Å². The van der Waals surface area contributed by atoms with E-state index in [4.69, 9.17) is 5.73 Å². The summed E-state index contributed by atoms with van der Waals surface area (Å²) < 4.78 is 0. The van der Waals surface area contributed by atoms with Crippen LogP contribution in [0.5, 0.6) is 0 Å². The van der Waals surface area contributed by atoms with Crippen molar-refractivity contribution in [2.75, 3.05) is 6.54 Å². The Balaban J connectivity index is -0.000000116. The SMILES string of the molecule is [CH2-]CN.[V+2].[W].[c-]1cc[c-]cc1. The fourth-order valence-electron chi connectivity index (χ4n) is 0.304. The summed E-state index contributed by atoms with van der Waals surface area (Å²) in [7, 11) is 0. The van der Waals surface area contributed by atoms with Crippen LogP contribution >= 0.6 is 0 Å². The van der Waals surface area contributed by atoms with E-state index in [0.717, 1.165) is 0 Å². The number of nitrogens with two attached hydrogens (primary N) is 1. The number of rotatable bonds is 0. The summed E-state index contributed by atoms with van der Waals surface area (Å²) in [5.74, 6) is 0. The smallest absolute Gasteiger partial charge is 0.360 e. The van der Waals surface area contributed by atoms with Crippen molar-refractivity contribution in [3.63, 3.8) is 0 Å². The van der Waals surface area contributed by atoms with Crippen molar-refractivity contribution in [3.05, 3.63) is 43.3 Å². The van der Waals surface area contributed by atoms with Gasteiger partial charge in [-0.2, -0.15) is 0 Å². The van der Waals surface area contributed by atoms with Gasteiger partial charge >= 0.3 is 18.6 Å². The van der Waals surface area contributed by atoms with Crippen LogP contribution in [0.2, 0.25) is 0 Å². The summed E-state index contributed by atoms with van der Waals surface area (Å²) in [6, 6.07) is 13.0. The van der Waals surface area contributed by atoms with Gasteiger partial charge in [-0.1, -0.05) is 0 Å². The minimum absolute atomic E-state index is 0. The molecule has 1 radical (unpaired) electrons. The van der Waals surface area contributed by atoms with Crippen LogP contribution in [-0.2, 0) is 39.6 Å². The Morgan fingerprint density at radius 2 is 1.27 bits per heavy atom. The largest absolute Gasteiger partial charge is 2.00 e. The third-order valence-electron chi connectivity index (χ3n) is 0.552. The second-order valence-electron chi connectivity index (χ2n) is 1.29. The quantitative estimate of drug-likeness (QED) is 0.693. The van der Waals surface area contributed by atoms with Gasteiger partial charge in [0, 0.05) is 21.1 Å². The Morgan fingerprint density at radius 3 is 1.36 bits per heavy atom. The van der Waals surface area contributed by atoms with Crippen LogP contribution in [0, 0.1) is 19.1 Å². The van der Waals surface area contributed by atoms with Gasteiger partial charge in [0.1, 0.15) is 0 Å². The Labute approximate surface area is 94.9 Å². The summed E-state index contributed by atoms with van der Waals surface area (Å²) in [6.07, 6.45) is 0. The first-order valence-corrected chi connectivity index (χ1v) is 2.73. The molecule has 0 saturated carbocycles. The van der Waals surface area contributed by atoms with Crippen molar-refractivity contribution < 1.29 is 39.6 Å². The molecular weight excluding hydrogens is 345 g/mol. The van der Waals surface area contributed by atoms with E-state index in [2.05, 4.69) is 19.1 Å². The molecule has 0 atom stereocenters. The summed E-state index contributed by atoms with van der Waals surface area (Å²) >= 11 is 0. The first-order valence-electron chi connectivity index (χ1n) is 2.73. The van der Waals surface area contributed by atoms with E-state index in [9.17, 15) is 0 Å². The number of hydrogen-bond acceptors (Lipinski definition) is 1. The van der Waals surface area contributed by atoms with Crippen LogP contribution in [0.15, 0.2) is 24.3 Å². The first-order chi connectivity index (χ1) is 4.41. The standard InChI is InChI=1S/C6H4.C2H6N.V.W/c1-2-4-6-5-3-1;1-2-3;;/h1-2,5-6H;1-3H2;;/q-2;-1;+2;. The van der Waals surface area contributed by atoms with Crippen molar-refractivity contribution in [3.8, 4) is 0 Å². The Bertz CT molecular complexity index is 96.9. The van der Waals surface area contributed by atoms with Gasteiger partial charge in [-0.05, 0) is 0 Å². The Kier molecular flexibility index (Phi) is 26.8. The average molecular weight is 355 g/mol. The zero-order valence-electron chi connectivity index (χ0n) is 6.16. The number of benzene rings is 1. The van der Waals surface area contributed by atoms with Gasteiger partial charge in [0.25, 0.3) is 0 Å². The van der Waals surface area contributed by atoms with Crippen molar-refractivity contribution in [1.82, 2.24) is 0 Å². The van der Waals surface area contributed by atoms with Crippen LogP contribution in [-0.4, -0.2) is 6.54 Å². The molecule has 1 nitrogen and oxygen atoms in total. The number of hydrogen-bond donors (Lipinski definition) is 1. The predicted molar refractivity (Wildman–Crippen MR) is 38.5 cm³/mol. The van der Waals surface area contributed by atoms with E-state index < -0.39 is 0 Å². The van der Waals surface area contributed by atoms with Gasteiger partial charge in [-0.3, -0.25) is 24.3 Å². The van der Waals surface area contributed by atoms with Crippen LogP contribution < -0.4 is 5.73 Å². The van der Waals surface area contributed by atoms with Crippen molar-refractivity contribution in [2.45, 2.75) is 0 Å². The van der Waals surface area contributed by atoms with Gasteiger partial charge in [-0.25, -0.2) is 0 Å². The molecule has 0 unspecified atom stereocenters. The van der Waals surface area contributed by atoms with Crippen LogP contribution in [0.25, 0.3) is 0 Å². The zero-order chi connectivity index (χ0) is 6.95. The predicted octanol–water partition coefficient (Wildman–Crippen LogP) is 1.06. The minimum atomic E-state index is 0. The van der Waals surface area contributed by atoms with Crippen LogP contribution in [0.3, 0.4) is 0 Å². The van der Waals surface area contributed by atoms with E-state index in [1.54, 1.807) is 0 Å². The molecule has 0 aliphatic heterocycles. The molecule has 59 valence electrons. The molecule has 1 aromatic rings. The van der Waals surface area contributed by atoms with Gasteiger partial charge < -0.3 is 24.8 Å². The van der Waals surface area contributed by atoms with E-state index in [1.807, 2.05) is 24.3 Å². The molecule has 1 rings (SSSR count). The summed E-state index contributed by atoms with van der Waals surface area (Å²) in [4.78, 5) is 0. The fraction of sp³-hybridized carbons (Fsp3) is 0.125. The van der Waals surface area contributed by atoms with Gasteiger partial charge in [0.15, 0.2) is 0 Å². The van der Waals surface area contributed by atoms with Crippen LogP contribution in [0.1, 0.15) is 0 Å². The molecule has 11 heavy (non-hydrogen) atoms. The molecule has 0 aromatic heterocycles. The molecule has 0 aliphatic carbocycles. The van der Waals surface area contributed by atoms with Gasteiger partial charge in [-0.15, -0.1) is 6.54 Å². The molecule has 3 heteroatoms. The first kappa shape index (κ1) is 17.5. The van der Waals surface area contributed by atoms with E-state index >= 15 is 0 Å². The topological polar surface area (TPSA) is 26.0 Å². The molecule has 0 bridgehead atoms. The summed E-state index contributed by atoms with van der Waals surface area (Å²) in [5, 5.41) is 0. The molecule has 0 heterocycles. The van der Waals surface area contributed by atoms with Crippen molar-refractivity contribution in [1.29, 1.82) is 0 Å². The van der Waals surface area contributed by atoms with E-state index in [-0.39, 0.29) is 39.6 Å². The van der Waals surface area contributed by atoms with Gasteiger partial charge in [0.05, 0.1) is 0 Å². The Morgan fingerprint density at radius 1 is 1.09 bits per heavy atom. The summed E-state index contributed by atoms with van der Waals surface area (Å²) in [5.41, 5.74) is 4.74. The molecule has 0 amide bonds. The molecule has 0 aliphatic rings. The average Bonchev–Trinajstić information content (AvgIpc) is 1.93.